The van der Waals surface area contributed by atoms with Crippen LogP contribution in [-0.2, 0) is 21.4 Å². The molecule has 8 heteroatoms. The van der Waals surface area contributed by atoms with Crippen molar-refractivity contribution in [2.45, 2.75) is 31.3 Å². The summed E-state index contributed by atoms with van der Waals surface area (Å²) in [5, 5.41) is 2.83. The maximum Gasteiger partial charge on any atom is 0.243 e. The SMILES string of the molecule is Cc1ccc(S(=O)(=O)N(CC(=O)NC(C)c2cccc(Br)c2)Cc2ccccc2F)cc1. The molecule has 0 aliphatic carbocycles. The molecule has 1 amide bonds. The Balaban J connectivity index is 1.85. The molecule has 0 bridgehead atoms. The van der Waals surface area contributed by atoms with E-state index >= 15 is 0 Å². The standard InChI is InChI=1S/C24H24BrFN2O3S/c1-17-10-12-22(13-11-17)32(30,31)28(15-20-6-3-4-9-23(20)26)16-24(29)27-18(2)19-7-5-8-21(25)14-19/h3-14,18H,15-16H2,1-2H3,(H,27,29). The average Bonchev–Trinajstić information content (AvgIpc) is 2.75. The predicted octanol–water partition coefficient (Wildman–Crippen LogP) is 4.96. The van der Waals surface area contributed by atoms with Gasteiger partial charge in [-0.15, -0.1) is 0 Å². The highest BCUT2D eigenvalue weighted by molar-refractivity contribution is 9.10. The summed E-state index contributed by atoms with van der Waals surface area (Å²) in [5.41, 5.74) is 1.97. The summed E-state index contributed by atoms with van der Waals surface area (Å²) in [6.45, 7) is 2.96. The van der Waals surface area contributed by atoms with E-state index in [9.17, 15) is 17.6 Å². The topological polar surface area (TPSA) is 66.5 Å². The lowest BCUT2D eigenvalue weighted by molar-refractivity contribution is -0.122. The van der Waals surface area contributed by atoms with Gasteiger partial charge in [-0.05, 0) is 49.7 Å². The van der Waals surface area contributed by atoms with Gasteiger partial charge in [-0.3, -0.25) is 4.79 Å². The largest absolute Gasteiger partial charge is 0.348 e. The van der Waals surface area contributed by atoms with E-state index in [2.05, 4.69) is 21.2 Å². The highest BCUT2D eigenvalue weighted by Gasteiger charge is 2.28. The number of amides is 1. The van der Waals surface area contributed by atoms with Gasteiger partial charge in [0.25, 0.3) is 0 Å². The summed E-state index contributed by atoms with van der Waals surface area (Å²) in [7, 11) is -4.04. The lowest BCUT2D eigenvalue weighted by Crippen LogP contribution is -2.41. The highest BCUT2D eigenvalue weighted by Crippen LogP contribution is 2.21. The maximum atomic E-state index is 14.3. The van der Waals surface area contributed by atoms with Gasteiger partial charge in [-0.25, -0.2) is 12.8 Å². The van der Waals surface area contributed by atoms with Gasteiger partial charge in [0.2, 0.25) is 15.9 Å². The van der Waals surface area contributed by atoms with E-state index in [1.165, 1.54) is 30.3 Å². The van der Waals surface area contributed by atoms with Crippen molar-refractivity contribution < 1.29 is 17.6 Å². The summed E-state index contributed by atoms with van der Waals surface area (Å²) in [4.78, 5) is 12.9. The molecule has 0 fully saturated rings. The third kappa shape index (κ3) is 6.03. The number of hydrogen-bond acceptors (Lipinski definition) is 3. The van der Waals surface area contributed by atoms with Gasteiger partial charge < -0.3 is 5.32 Å². The van der Waals surface area contributed by atoms with Gasteiger partial charge in [0.15, 0.2) is 0 Å². The fraction of sp³-hybridized carbons (Fsp3) is 0.208. The average molecular weight is 519 g/mol. The zero-order valence-electron chi connectivity index (χ0n) is 17.8. The maximum absolute atomic E-state index is 14.3. The molecule has 0 radical (unpaired) electrons. The quantitative estimate of drug-likeness (QED) is 0.458. The Morgan fingerprint density at radius 2 is 1.75 bits per heavy atom. The number of carbonyl (C=O) groups excluding carboxylic acids is 1. The van der Waals surface area contributed by atoms with E-state index in [1.54, 1.807) is 18.2 Å². The Kier molecular flexibility index (Phi) is 7.82. The Morgan fingerprint density at radius 3 is 2.41 bits per heavy atom. The first kappa shape index (κ1) is 24.1. The fourth-order valence-electron chi connectivity index (χ4n) is 3.21. The van der Waals surface area contributed by atoms with Crippen LogP contribution in [0.3, 0.4) is 0 Å². The number of carbonyl (C=O) groups is 1. The number of nitrogens with one attached hydrogen (secondary N) is 1. The molecule has 0 saturated carbocycles. The van der Waals surface area contributed by atoms with Gasteiger partial charge in [-0.2, -0.15) is 4.31 Å². The molecule has 168 valence electrons. The molecule has 0 heterocycles. The number of rotatable bonds is 8. The summed E-state index contributed by atoms with van der Waals surface area (Å²) in [6, 6.07) is 19.4. The van der Waals surface area contributed by atoms with Crippen LogP contribution in [0, 0.1) is 12.7 Å². The Hall–Kier alpha value is -2.55. The molecule has 3 aromatic rings. The van der Waals surface area contributed by atoms with Crippen molar-refractivity contribution in [3.63, 3.8) is 0 Å². The molecule has 1 N–H and O–H groups in total. The summed E-state index contributed by atoms with van der Waals surface area (Å²) >= 11 is 3.40. The number of halogens is 2. The minimum Gasteiger partial charge on any atom is -0.348 e. The fourth-order valence-corrected chi connectivity index (χ4v) is 5.00. The predicted molar refractivity (Wildman–Crippen MR) is 126 cm³/mol. The van der Waals surface area contributed by atoms with Gasteiger partial charge in [-0.1, -0.05) is 64.0 Å². The third-order valence-electron chi connectivity index (χ3n) is 5.01. The van der Waals surface area contributed by atoms with Crippen LogP contribution in [0.5, 0.6) is 0 Å². The smallest absolute Gasteiger partial charge is 0.243 e. The van der Waals surface area contributed by atoms with Crippen molar-refractivity contribution in [3.8, 4) is 0 Å². The minimum atomic E-state index is -4.04. The summed E-state index contributed by atoms with van der Waals surface area (Å²) in [5.74, 6) is -1.01. The number of sulfonamides is 1. The number of hydrogen-bond donors (Lipinski definition) is 1. The van der Waals surface area contributed by atoms with Crippen molar-refractivity contribution in [3.05, 3.63) is 99.8 Å². The molecule has 0 aliphatic rings. The Morgan fingerprint density at radius 1 is 1.06 bits per heavy atom. The second-order valence-corrected chi connectivity index (χ2v) is 10.4. The molecule has 0 aliphatic heterocycles. The molecular formula is C24H24BrFN2O3S. The zero-order valence-corrected chi connectivity index (χ0v) is 20.2. The number of aryl methyl sites for hydroxylation is 1. The molecule has 0 saturated heterocycles. The summed E-state index contributed by atoms with van der Waals surface area (Å²) < 4.78 is 42.8. The van der Waals surface area contributed by atoms with Crippen molar-refractivity contribution in [2.75, 3.05) is 6.54 Å². The first-order valence-corrected chi connectivity index (χ1v) is 12.2. The third-order valence-corrected chi connectivity index (χ3v) is 7.31. The van der Waals surface area contributed by atoms with Gasteiger partial charge in [0.1, 0.15) is 5.82 Å². The second-order valence-electron chi connectivity index (χ2n) is 7.52. The molecule has 32 heavy (non-hydrogen) atoms. The molecule has 3 aromatic carbocycles. The van der Waals surface area contributed by atoms with Crippen LogP contribution in [0.2, 0.25) is 0 Å². The van der Waals surface area contributed by atoms with E-state index in [1.807, 2.05) is 38.1 Å². The van der Waals surface area contributed by atoms with E-state index in [4.69, 9.17) is 0 Å². The van der Waals surface area contributed by atoms with Gasteiger partial charge >= 0.3 is 0 Å². The van der Waals surface area contributed by atoms with Crippen LogP contribution in [0.4, 0.5) is 4.39 Å². The normalized spacial score (nSPS) is 12.5. The Labute approximate surface area is 196 Å². The molecular weight excluding hydrogens is 495 g/mol. The van der Waals surface area contributed by atoms with Crippen molar-refractivity contribution in [2.24, 2.45) is 0 Å². The molecule has 1 unspecified atom stereocenters. The molecule has 1 atom stereocenters. The van der Waals surface area contributed by atoms with Gasteiger partial charge in [0.05, 0.1) is 17.5 Å². The van der Waals surface area contributed by atoms with Gasteiger partial charge in [0, 0.05) is 16.6 Å². The van der Waals surface area contributed by atoms with Crippen LogP contribution in [0.15, 0.2) is 82.2 Å². The number of benzene rings is 3. The minimum absolute atomic E-state index is 0.0484. The van der Waals surface area contributed by atoms with E-state index in [0.29, 0.717) is 0 Å². The zero-order chi connectivity index (χ0) is 23.3. The van der Waals surface area contributed by atoms with E-state index in [0.717, 1.165) is 19.9 Å². The molecule has 0 spiro atoms. The van der Waals surface area contributed by atoms with Crippen molar-refractivity contribution in [1.82, 2.24) is 9.62 Å². The molecule has 3 rings (SSSR count). The monoisotopic (exact) mass is 518 g/mol. The Bertz CT molecular complexity index is 1200. The first-order valence-electron chi connectivity index (χ1n) is 10.0. The second kappa shape index (κ2) is 10.4. The van der Waals surface area contributed by atoms with Crippen LogP contribution in [0.1, 0.15) is 29.7 Å². The van der Waals surface area contributed by atoms with Crippen molar-refractivity contribution >= 4 is 31.9 Å². The lowest BCUT2D eigenvalue weighted by Gasteiger charge is -2.23. The van der Waals surface area contributed by atoms with Crippen LogP contribution in [0.25, 0.3) is 0 Å². The molecule has 5 nitrogen and oxygen atoms in total. The van der Waals surface area contributed by atoms with Crippen LogP contribution in [-0.4, -0.2) is 25.2 Å². The summed E-state index contributed by atoms with van der Waals surface area (Å²) in [6.07, 6.45) is 0. The van der Waals surface area contributed by atoms with Crippen LogP contribution < -0.4 is 5.32 Å². The van der Waals surface area contributed by atoms with Crippen molar-refractivity contribution in [1.29, 1.82) is 0 Å². The van der Waals surface area contributed by atoms with E-state index < -0.39 is 28.3 Å². The first-order chi connectivity index (χ1) is 15.2. The number of nitrogens with zero attached hydrogens (tertiary/aromatic N) is 1. The van der Waals surface area contributed by atoms with E-state index in [-0.39, 0.29) is 23.0 Å². The lowest BCUT2D eigenvalue weighted by atomic mass is 10.1. The molecule has 0 aromatic heterocycles. The van der Waals surface area contributed by atoms with Crippen LogP contribution >= 0.6 is 15.9 Å². The highest BCUT2D eigenvalue weighted by atomic mass is 79.9.